The van der Waals surface area contributed by atoms with Crippen LogP contribution in [-0.2, 0) is 23.2 Å². The molecule has 0 aliphatic carbocycles. The van der Waals surface area contributed by atoms with Crippen LogP contribution in [-0.4, -0.2) is 92.2 Å². The zero-order valence-electron chi connectivity index (χ0n) is 19.9. The fraction of sp³-hybridized carbons (Fsp3) is 0.500. The Labute approximate surface area is 212 Å². The quantitative estimate of drug-likeness (QED) is 0.552. The van der Waals surface area contributed by atoms with Gasteiger partial charge in [-0.1, -0.05) is 6.07 Å². The van der Waals surface area contributed by atoms with Gasteiger partial charge < -0.3 is 19.5 Å². The van der Waals surface area contributed by atoms with Gasteiger partial charge in [0.2, 0.25) is 0 Å². The molecule has 38 heavy (non-hydrogen) atoms. The lowest BCUT2D eigenvalue weighted by Crippen LogP contribution is -2.49. The van der Waals surface area contributed by atoms with E-state index < -0.39 is 24.3 Å². The number of hydrogen-bond acceptors (Lipinski definition) is 6. The number of alkyl halides is 6. The highest BCUT2D eigenvalue weighted by Gasteiger charge is 2.39. The van der Waals surface area contributed by atoms with Crippen LogP contribution < -0.4 is 4.74 Å². The molecule has 1 aromatic carbocycles. The van der Waals surface area contributed by atoms with Crippen molar-refractivity contribution in [3.63, 3.8) is 0 Å². The van der Waals surface area contributed by atoms with Crippen LogP contribution in [0, 0.1) is 5.82 Å². The molecule has 0 amide bonds. The van der Waals surface area contributed by atoms with E-state index >= 15 is 0 Å². The number of carbonyl (C=O) groups is 2. The number of hydrogen-bond donors (Lipinski definition) is 2. The molecule has 16 heteroatoms. The summed E-state index contributed by atoms with van der Waals surface area (Å²) in [6, 6.07) is 6.94. The van der Waals surface area contributed by atoms with Gasteiger partial charge >= 0.3 is 24.3 Å². The second kappa shape index (κ2) is 12.9. The summed E-state index contributed by atoms with van der Waals surface area (Å²) in [5.74, 6) is -4.02. The fourth-order valence-electron chi connectivity index (χ4n) is 3.77. The highest BCUT2D eigenvalue weighted by molar-refractivity contribution is 5.73. The molecule has 2 fully saturated rings. The van der Waals surface area contributed by atoms with Crippen molar-refractivity contribution in [2.45, 2.75) is 37.5 Å². The first-order chi connectivity index (χ1) is 17.6. The van der Waals surface area contributed by atoms with Crippen LogP contribution in [0.2, 0.25) is 0 Å². The molecule has 0 bridgehead atoms. The molecular formula is C22H25F7N4O5. The summed E-state index contributed by atoms with van der Waals surface area (Å²) in [7, 11) is 2.04. The van der Waals surface area contributed by atoms with E-state index in [1.807, 2.05) is 25.5 Å². The zero-order chi connectivity index (χ0) is 28.7. The normalized spacial score (nSPS) is 19.9. The highest BCUT2D eigenvalue weighted by atomic mass is 19.4. The molecule has 212 valence electrons. The van der Waals surface area contributed by atoms with E-state index in [-0.39, 0.29) is 11.9 Å². The van der Waals surface area contributed by atoms with Crippen molar-refractivity contribution >= 4 is 11.9 Å². The van der Waals surface area contributed by atoms with Gasteiger partial charge in [0.1, 0.15) is 23.5 Å². The third-order valence-electron chi connectivity index (χ3n) is 5.53. The average Bonchev–Trinajstić information content (AvgIpc) is 3.38. The third-order valence-corrected chi connectivity index (χ3v) is 5.53. The molecule has 1 aromatic heterocycles. The van der Waals surface area contributed by atoms with Crippen molar-refractivity contribution in [2.24, 2.45) is 7.05 Å². The standard InChI is InChI=1S/C18H23FN4O.2C2HF3O2/c1-21-6-5-20-18(21)13-22-7-8-23-12-17(10-15(23)11-22)24-16-4-2-3-14(19)9-16;2*3-2(4,5)1(6)7/h2-6,9,15,17H,7-8,10-13H2,1H3;2*(H,6,7)/t15-,17+;;/m0../s1. The maximum atomic E-state index is 13.3. The number of imidazole rings is 1. The Kier molecular flexibility index (Phi) is 10.5. The Bertz CT molecular complexity index is 1050. The summed E-state index contributed by atoms with van der Waals surface area (Å²) < 4.78 is 84.8. The second-order valence-corrected chi connectivity index (χ2v) is 8.38. The monoisotopic (exact) mass is 558 g/mol. The number of carboxylic acid groups (broad SMARTS) is 2. The van der Waals surface area contributed by atoms with Gasteiger partial charge in [-0.2, -0.15) is 26.3 Å². The van der Waals surface area contributed by atoms with Gasteiger partial charge in [0, 0.05) is 64.1 Å². The lowest BCUT2D eigenvalue weighted by atomic mass is 10.1. The topological polar surface area (TPSA) is 108 Å². The number of halogens is 7. The summed E-state index contributed by atoms with van der Waals surface area (Å²) in [5.41, 5.74) is 0. The highest BCUT2D eigenvalue weighted by Crippen LogP contribution is 2.26. The maximum absolute atomic E-state index is 13.3. The lowest BCUT2D eigenvalue weighted by Gasteiger charge is -2.36. The Morgan fingerprint density at radius 1 is 1.05 bits per heavy atom. The van der Waals surface area contributed by atoms with Gasteiger partial charge in [-0.25, -0.2) is 19.0 Å². The summed E-state index contributed by atoms with van der Waals surface area (Å²) in [6.45, 7) is 4.96. The van der Waals surface area contributed by atoms with Crippen molar-refractivity contribution in [3.8, 4) is 5.75 Å². The number of aromatic nitrogens is 2. The molecule has 2 aliphatic rings. The van der Waals surface area contributed by atoms with Crippen LogP contribution in [0.1, 0.15) is 12.2 Å². The molecular weight excluding hydrogens is 533 g/mol. The third kappa shape index (κ3) is 9.81. The molecule has 0 saturated carbocycles. The van der Waals surface area contributed by atoms with Gasteiger partial charge in [0.15, 0.2) is 0 Å². The maximum Gasteiger partial charge on any atom is 0.490 e. The molecule has 2 aromatic rings. The summed E-state index contributed by atoms with van der Waals surface area (Å²) in [4.78, 5) is 27.2. The van der Waals surface area contributed by atoms with Crippen LogP contribution in [0.3, 0.4) is 0 Å². The molecule has 4 rings (SSSR count). The van der Waals surface area contributed by atoms with Gasteiger partial charge in [-0.15, -0.1) is 0 Å². The van der Waals surface area contributed by atoms with E-state index in [1.165, 1.54) is 12.1 Å². The van der Waals surface area contributed by atoms with Crippen molar-refractivity contribution in [1.82, 2.24) is 19.4 Å². The molecule has 0 radical (unpaired) electrons. The minimum absolute atomic E-state index is 0.143. The number of aliphatic carboxylic acids is 2. The van der Waals surface area contributed by atoms with Crippen LogP contribution in [0.25, 0.3) is 0 Å². The summed E-state index contributed by atoms with van der Waals surface area (Å²) in [6.07, 6.45) is -5.19. The van der Waals surface area contributed by atoms with E-state index in [0.717, 1.165) is 45.0 Å². The van der Waals surface area contributed by atoms with Crippen molar-refractivity contribution in [3.05, 3.63) is 48.3 Å². The van der Waals surface area contributed by atoms with Crippen LogP contribution >= 0.6 is 0 Å². The van der Waals surface area contributed by atoms with Crippen LogP contribution in [0.4, 0.5) is 30.7 Å². The largest absolute Gasteiger partial charge is 0.490 e. The number of nitrogens with zero attached hydrogens (tertiary/aromatic N) is 4. The zero-order valence-corrected chi connectivity index (χ0v) is 19.9. The number of fused-ring (bicyclic) bond motifs is 1. The number of carboxylic acids is 2. The number of piperazine rings is 1. The first-order valence-electron chi connectivity index (χ1n) is 11.0. The fourth-order valence-corrected chi connectivity index (χ4v) is 3.77. The minimum Gasteiger partial charge on any atom is -0.489 e. The van der Waals surface area contributed by atoms with Gasteiger partial charge in [-0.05, 0) is 12.1 Å². The Morgan fingerprint density at radius 2 is 1.66 bits per heavy atom. The second-order valence-electron chi connectivity index (χ2n) is 8.38. The molecule has 3 heterocycles. The van der Waals surface area contributed by atoms with Crippen molar-refractivity contribution in [2.75, 3.05) is 26.2 Å². The number of aryl methyl sites for hydroxylation is 1. The summed E-state index contributed by atoms with van der Waals surface area (Å²) in [5, 5.41) is 14.2. The average molecular weight is 558 g/mol. The Morgan fingerprint density at radius 3 is 2.16 bits per heavy atom. The van der Waals surface area contributed by atoms with E-state index in [0.29, 0.717) is 11.8 Å². The predicted octanol–water partition coefficient (Wildman–Crippen LogP) is 3.16. The van der Waals surface area contributed by atoms with E-state index in [9.17, 15) is 30.7 Å². The Balaban J connectivity index is 0.000000301. The predicted molar refractivity (Wildman–Crippen MR) is 117 cm³/mol. The SMILES string of the molecule is Cn1ccnc1CN1CCN2C[C@H](Oc3cccc(F)c3)C[C@H]2C1.O=C(O)C(F)(F)F.O=C(O)C(F)(F)F. The van der Waals surface area contributed by atoms with Gasteiger partial charge in [-0.3, -0.25) is 9.80 Å². The first kappa shape index (κ1) is 30.8. The Hall–Kier alpha value is -3.40. The first-order valence-corrected chi connectivity index (χ1v) is 11.0. The van der Waals surface area contributed by atoms with Crippen molar-refractivity contribution < 1.29 is 55.3 Å². The molecule has 2 atom stereocenters. The molecule has 2 saturated heterocycles. The molecule has 0 spiro atoms. The van der Waals surface area contributed by atoms with Crippen LogP contribution in [0.5, 0.6) is 5.75 Å². The molecule has 9 nitrogen and oxygen atoms in total. The summed E-state index contributed by atoms with van der Waals surface area (Å²) >= 11 is 0. The lowest BCUT2D eigenvalue weighted by molar-refractivity contribution is -0.193. The van der Waals surface area contributed by atoms with E-state index in [4.69, 9.17) is 24.5 Å². The molecule has 2 aliphatic heterocycles. The molecule has 0 unspecified atom stereocenters. The van der Waals surface area contributed by atoms with E-state index in [2.05, 4.69) is 19.4 Å². The smallest absolute Gasteiger partial charge is 0.489 e. The molecule has 2 N–H and O–H groups in total. The number of rotatable bonds is 4. The number of ether oxygens (including phenoxy) is 1. The van der Waals surface area contributed by atoms with Gasteiger partial charge in [0.05, 0.1) is 6.54 Å². The van der Waals surface area contributed by atoms with Crippen molar-refractivity contribution in [1.29, 1.82) is 0 Å². The minimum atomic E-state index is -5.08. The number of benzene rings is 1. The van der Waals surface area contributed by atoms with Gasteiger partial charge in [0.25, 0.3) is 0 Å². The van der Waals surface area contributed by atoms with E-state index in [1.54, 1.807) is 6.07 Å². The van der Waals surface area contributed by atoms with Crippen LogP contribution in [0.15, 0.2) is 36.7 Å².